The molecule has 2 rings (SSSR count). The molecule has 0 bridgehead atoms. The van der Waals surface area contributed by atoms with Crippen molar-refractivity contribution in [2.45, 2.75) is 25.4 Å². The first-order valence-corrected chi connectivity index (χ1v) is 5.93. The number of hydrogen-bond acceptors (Lipinski definition) is 2. The second-order valence-electron chi connectivity index (χ2n) is 4.20. The Morgan fingerprint density at radius 2 is 2.19 bits per heavy atom. The van der Waals surface area contributed by atoms with Crippen molar-refractivity contribution >= 4 is 15.9 Å². The van der Waals surface area contributed by atoms with E-state index in [1.54, 1.807) is 0 Å². The molecule has 0 spiro atoms. The molecule has 2 nitrogen and oxygen atoms in total. The lowest BCUT2D eigenvalue weighted by atomic mass is 9.65. The van der Waals surface area contributed by atoms with E-state index < -0.39 is 11.5 Å². The number of nitriles is 1. The van der Waals surface area contributed by atoms with Gasteiger partial charge < -0.3 is 5.11 Å². The second kappa shape index (κ2) is 4.15. The maximum absolute atomic E-state index is 13.0. The fourth-order valence-electron chi connectivity index (χ4n) is 2.01. The van der Waals surface area contributed by atoms with Gasteiger partial charge in [-0.15, -0.1) is 0 Å². The molecular formula is C12H11BrFNO. The molecule has 0 aromatic heterocycles. The predicted molar refractivity (Wildman–Crippen MR) is 61.0 cm³/mol. The van der Waals surface area contributed by atoms with Gasteiger partial charge in [-0.3, -0.25) is 0 Å². The SMILES string of the molecule is N#CC1(C(O)c2ccc(F)c(Br)c2)CCC1. The van der Waals surface area contributed by atoms with Crippen LogP contribution >= 0.6 is 15.9 Å². The number of aliphatic hydroxyl groups is 1. The largest absolute Gasteiger partial charge is 0.387 e. The molecule has 1 aromatic carbocycles. The van der Waals surface area contributed by atoms with Gasteiger partial charge in [0.15, 0.2) is 0 Å². The Hall–Kier alpha value is -0.920. The minimum atomic E-state index is -0.830. The zero-order valence-corrected chi connectivity index (χ0v) is 10.2. The van der Waals surface area contributed by atoms with Crippen LogP contribution in [0.25, 0.3) is 0 Å². The molecule has 0 aliphatic heterocycles. The Kier molecular flexibility index (Phi) is 3.00. The summed E-state index contributed by atoms with van der Waals surface area (Å²) in [5.74, 6) is -0.365. The maximum atomic E-state index is 13.0. The number of aliphatic hydroxyl groups excluding tert-OH is 1. The molecule has 1 N–H and O–H groups in total. The van der Waals surface area contributed by atoms with Gasteiger partial charge in [0.1, 0.15) is 5.82 Å². The summed E-state index contributed by atoms with van der Waals surface area (Å²) >= 11 is 3.07. The third kappa shape index (κ3) is 1.74. The Morgan fingerprint density at radius 1 is 1.50 bits per heavy atom. The van der Waals surface area contributed by atoms with E-state index in [0.29, 0.717) is 22.9 Å². The smallest absolute Gasteiger partial charge is 0.137 e. The predicted octanol–water partition coefficient (Wildman–Crippen LogP) is 3.32. The van der Waals surface area contributed by atoms with Gasteiger partial charge >= 0.3 is 0 Å². The van der Waals surface area contributed by atoms with E-state index in [0.717, 1.165) is 6.42 Å². The fraction of sp³-hybridized carbons (Fsp3) is 0.417. The number of nitrogens with zero attached hydrogens (tertiary/aromatic N) is 1. The number of benzene rings is 1. The highest BCUT2D eigenvalue weighted by Gasteiger charge is 2.44. The van der Waals surface area contributed by atoms with Crippen molar-refractivity contribution in [1.29, 1.82) is 5.26 Å². The summed E-state index contributed by atoms with van der Waals surface area (Å²) in [6.45, 7) is 0. The van der Waals surface area contributed by atoms with Crippen molar-refractivity contribution < 1.29 is 9.50 Å². The lowest BCUT2D eigenvalue weighted by Crippen LogP contribution is -2.34. The third-order valence-electron chi connectivity index (χ3n) is 3.25. The summed E-state index contributed by atoms with van der Waals surface area (Å²) < 4.78 is 13.4. The van der Waals surface area contributed by atoms with Crippen LogP contribution in [0.5, 0.6) is 0 Å². The summed E-state index contributed by atoms with van der Waals surface area (Å²) in [6.07, 6.45) is 1.55. The van der Waals surface area contributed by atoms with E-state index in [1.807, 2.05) is 0 Å². The van der Waals surface area contributed by atoms with Crippen LogP contribution in [-0.4, -0.2) is 5.11 Å². The van der Waals surface area contributed by atoms with Gasteiger partial charge in [-0.1, -0.05) is 12.5 Å². The van der Waals surface area contributed by atoms with Crippen molar-refractivity contribution in [1.82, 2.24) is 0 Å². The molecule has 0 radical (unpaired) electrons. The van der Waals surface area contributed by atoms with Crippen molar-refractivity contribution in [3.8, 4) is 6.07 Å². The molecule has 1 unspecified atom stereocenters. The minimum absolute atomic E-state index is 0.316. The Morgan fingerprint density at radius 3 is 2.62 bits per heavy atom. The van der Waals surface area contributed by atoms with Crippen LogP contribution < -0.4 is 0 Å². The lowest BCUT2D eigenvalue weighted by Gasteiger charge is -2.39. The third-order valence-corrected chi connectivity index (χ3v) is 3.86. The minimum Gasteiger partial charge on any atom is -0.387 e. The summed E-state index contributed by atoms with van der Waals surface area (Å²) in [5, 5.41) is 19.2. The summed E-state index contributed by atoms with van der Waals surface area (Å²) in [5.41, 5.74) is -0.0772. The van der Waals surface area contributed by atoms with E-state index in [-0.39, 0.29) is 5.82 Å². The molecule has 1 fully saturated rings. The van der Waals surface area contributed by atoms with E-state index in [2.05, 4.69) is 22.0 Å². The highest BCUT2D eigenvalue weighted by Crippen LogP contribution is 2.49. The van der Waals surface area contributed by atoms with Gasteiger partial charge in [-0.2, -0.15) is 5.26 Å². The molecule has 1 aliphatic rings. The van der Waals surface area contributed by atoms with E-state index in [9.17, 15) is 9.50 Å². The Labute approximate surface area is 102 Å². The first-order chi connectivity index (χ1) is 7.59. The molecule has 84 valence electrons. The van der Waals surface area contributed by atoms with Crippen LogP contribution in [0.15, 0.2) is 22.7 Å². The van der Waals surface area contributed by atoms with Gasteiger partial charge in [0, 0.05) is 0 Å². The van der Waals surface area contributed by atoms with Crippen LogP contribution in [0.3, 0.4) is 0 Å². The van der Waals surface area contributed by atoms with E-state index in [4.69, 9.17) is 5.26 Å². The Balaban J connectivity index is 2.31. The molecule has 1 atom stereocenters. The molecule has 16 heavy (non-hydrogen) atoms. The van der Waals surface area contributed by atoms with Crippen molar-refractivity contribution in [2.24, 2.45) is 5.41 Å². The van der Waals surface area contributed by atoms with Crippen LogP contribution in [0, 0.1) is 22.6 Å². The zero-order valence-electron chi connectivity index (χ0n) is 8.58. The molecule has 1 aromatic rings. The van der Waals surface area contributed by atoms with Gasteiger partial charge in [0.2, 0.25) is 0 Å². The monoisotopic (exact) mass is 283 g/mol. The fourth-order valence-corrected chi connectivity index (χ4v) is 2.40. The van der Waals surface area contributed by atoms with Crippen LogP contribution in [0.1, 0.15) is 30.9 Å². The molecule has 1 saturated carbocycles. The number of hydrogen-bond donors (Lipinski definition) is 1. The van der Waals surface area contributed by atoms with Gasteiger partial charge in [-0.05, 0) is 46.5 Å². The summed E-state index contributed by atoms with van der Waals surface area (Å²) in [6, 6.07) is 6.56. The number of halogens is 2. The molecule has 4 heteroatoms. The van der Waals surface area contributed by atoms with Crippen LogP contribution in [0.2, 0.25) is 0 Å². The van der Waals surface area contributed by atoms with Gasteiger partial charge in [-0.25, -0.2) is 4.39 Å². The molecule has 0 saturated heterocycles. The van der Waals surface area contributed by atoms with Gasteiger partial charge in [0.25, 0.3) is 0 Å². The van der Waals surface area contributed by atoms with E-state index >= 15 is 0 Å². The maximum Gasteiger partial charge on any atom is 0.137 e. The van der Waals surface area contributed by atoms with E-state index in [1.165, 1.54) is 18.2 Å². The highest BCUT2D eigenvalue weighted by atomic mass is 79.9. The highest BCUT2D eigenvalue weighted by molar-refractivity contribution is 9.10. The number of rotatable bonds is 2. The van der Waals surface area contributed by atoms with Crippen LogP contribution in [-0.2, 0) is 0 Å². The first kappa shape index (κ1) is 11.6. The van der Waals surface area contributed by atoms with Gasteiger partial charge in [0.05, 0.1) is 22.1 Å². The average molecular weight is 284 g/mol. The normalized spacial score (nSPS) is 19.6. The topological polar surface area (TPSA) is 44.0 Å². The van der Waals surface area contributed by atoms with Crippen molar-refractivity contribution in [3.05, 3.63) is 34.1 Å². The molecule has 0 amide bonds. The standard InChI is InChI=1S/C12H11BrFNO/c13-9-6-8(2-3-10(9)14)11(16)12(7-15)4-1-5-12/h2-3,6,11,16H,1,4-5H2. The van der Waals surface area contributed by atoms with Crippen molar-refractivity contribution in [3.63, 3.8) is 0 Å². The van der Waals surface area contributed by atoms with Crippen molar-refractivity contribution in [2.75, 3.05) is 0 Å². The zero-order chi connectivity index (χ0) is 11.8. The molecule has 0 heterocycles. The summed E-state index contributed by atoms with van der Waals surface area (Å²) in [7, 11) is 0. The molecule has 1 aliphatic carbocycles. The second-order valence-corrected chi connectivity index (χ2v) is 5.05. The lowest BCUT2D eigenvalue weighted by molar-refractivity contribution is 0.00787. The molecular weight excluding hydrogens is 273 g/mol. The van der Waals surface area contributed by atoms with Crippen LogP contribution in [0.4, 0.5) is 4.39 Å². The summed E-state index contributed by atoms with van der Waals surface area (Å²) in [4.78, 5) is 0. The Bertz CT molecular complexity index is 451. The average Bonchev–Trinajstić information content (AvgIpc) is 2.21. The quantitative estimate of drug-likeness (QED) is 0.905. The first-order valence-electron chi connectivity index (χ1n) is 5.13.